The molecule has 2 N–H and O–H groups in total. The zero-order valence-corrected chi connectivity index (χ0v) is 13.5. The third-order valence-corrected chi connectivity index (χ3v) is 4.77. The molecule has 22 heavy (non-hydrogen) atoms. The van der Waals surface area contributed by atoms with Gasteiger partial charge in [0.05, 0.1) is 0 Å². The van der Waals surface area contributed by atoms with Crippen LogP contribution in [0.15, 0.2) is 0 Å². The van der Waals surface area contributed by atoms with Gasteiger partial charge in [-0.15, -0.1) is 10.2 Å². The molecule has 2 aliphatic rings. The first-order valence-electron chi connectivity index (χ1n) is 8.60. The number of hydrogen-bond donors (Lipinski definition) is 1. The van der Waals surface area contributed by atoms with Crippen LogP contribution in [0.4, 0.5) is 0 Å². The molecule has 6 heteroatoms. The lowest BCUT2D eigenvalue weighted by molar-refractivity contribution is -0.132. The third-order valence-electron chi connectivity index (χ3n) is 4.77. The highest BCUT2D eigenvalue weighted by molar-refractivity contribution is 5.76. The predicted molar refractivity (Wildman–Crippen MR) is 84.4 cm³/mol. The van der Waals surface area contributed by atoms with Crippen LogP contribution in [0.1, 0.15) is 63.0 Å². The average molecular weight is 305 g/mol. The fraction of sp³-hybridized carbons (Fsp3) is 0.812. The highest BCUT2D eigenvalue weighted by atomic mass is 16.2. The van der Waals surface area contributed by atoms with Crippen LogP contribution in [0.5, 0.6) is 0 Å². The molecule has 3 heterocycles. The molecule has 1 aromatic heterocycles. The predicted octanol–water partition coefficient (Wildman–Crippen LogP) is 1.45. The SMILES string of the molecule is CC(N)CC(=O)N1CCCC(c2nnc3n2CCCCC3)C1. The molecule has 2 unspecified atom stereocenters. The molecule has 0 aromatic carbocycles. The van der Waals surface area contributed by atoms with Crippen molar-refractivity contribution >= 4 is 5.91 Å². The monoisotopic (exact) mass is 305 g/mol. The number of carbonyl (C=O) groups is 1. The van der Waals surface area contributed by atoms with Crippen LogP contribution in [0.3, 0.4) is 0 Å². The summed E-state index contributed by atoms with van der Waals surface area (Å²) >= 11 is 0. The molecule has 0 bridgehead atoms. The molecule has 2 aliphatic heterocycles. The lowest BCUT2D eigenvalue weighted by Crippen LogP contribution is -2.41. The Morgan fingerprint density at radius 1 is 1.27 bits per heavy atom. The van der Waals surface area contributed by atoms with Gasteiger partial charge in [0, 0.05) is 44.4 Å². The molecular weight excluding hydrogens is 278 g/mol. The van der Waals surface area contributed by atoms with Crippen LogP contribution in [0.2, 0.25) is 0 Å². The van der Waals surface area contributed by atoms with Crippen molar-refractivity contribution < 1.29 is 4.79 Å². The van der Waals surface area contributed by atoms with Crippen molar-refractivity contribution in [3.8, 4) is 0 Å². The Kier molecular flexibility index (Phi) is 4.76. The van der Waals surface area contributed by atoms with Crippen LogP contribution in [0.25, 0.3) is 0 Å². The number of nitrogens with zero attached hydrogens (tertiary/aromatic N) is 4. The van der Waals surface area contributed by atoms with Crippen LogP contribution >= 0.6 is 0 Å². The van der Waals surface area contributed by atoms with E-state index in [0.29, 0.717) is 12.3 Å². The van der Waals surface area contributed by atoms with Crippen molar-refractivity contribution in [1.29, 1.82) is 0 Å². The van der Waals surface area contributed by atoms with E-state index >= 15 is 0 Å². The Morgan fingerprint density at radius 2 is 2.14 bits per heavy atom. The highest BCUT2D eigenvalue weighted by Gasteiger charge is 2.29. The van der Waals surface area contributed by atoms with Crippen molar-refractivity contribution in [2.24, 2.45) is 5.73 Å². The zero-order valence-electron chi connectivity index (χ0n) is 13.5. The van der Waals surface area contributed by atoms with E-state index in [1.165, 1.54) is 19.3 Å². The van der Waals surface area contributed by atoms with Crippen molar-refractivity contribution in [3.05, 3.63) is 11.6 Å². The van der Waals surface area contributed by atoms with Crippen molar-refractivity contribution in [1.82, 2.24) is 19.7 Å². The highest BCUT2D eigenvalue weighted by Crippen LogP contribution is 2.28. The largest absolute Gasteiger partial charge is 0.342 e. The molecule has 1 fully saturated rings. The quantitative estimate of drug-likeness (QED) is 0.917. The summed E-state index contributed by atoms with van der Waals surface area (Å²) < 4.78 is 2.32. The topological polar surface area (TPSA) is 77.0 Å². The summed E-state index contributed by atoms with van der Waals surface area (Å²) in [5, 5.41) is 8.87. The minimum atomic E-state index is -0.0720. The maximum Gasteiger partial charge on any atom is 0.224 e. The van der Waals surface area contributed by atoms with E-state index in [4.69, 9.17) is 5.73 Å². The zero-order chi connectivity index (χ0) is 15.5. The second-order valence-electron chi connectivity index (χ2n) is 6.80. The summed E-state index contributed by atoms with van der Waals surface area (Å²) in [5.74, 6) is 2.72. The number of rotatable bonds is 3. The normalized spacial score (nSPS) is 23.7. The molecule has 1 saturated heterocycles. The Labute approximate surface area is 132 Å². The molecule has 0 spiro atoms. The second-order valence-corrected chi connectivity index (χ2v) is 6.80. The Balaban J connectivity index is 1.72. The maximum absolute atomic E-state index is 12.3. The molecule has 3 rings (SSSR count). The minimum Gasteiger partial charge on any atom is -0.342 e. The Bertz CT molecular complexity index is 525. The fourth-order valence-electron chi connectivity index (χ4n) is 3.63. The van der Waals surface area contributed by atoms with Gasteiger partial charge in [0.15, 0.2) is 0 Å². The van der Waals surface area contributed by atoms with Gasteiger partial charge in [-0.05, 0) is 32.6 Å². The van der Waals surface area contributed by atoms with Gasteiger partial charge >= 0.3 is 0 Å². The standard InChI is InChI=1S/C16H27N5O/c1-12(17)10-15(22)20-8-5-6-13(11-20)16-19-18-14-7-3-2-4-9-21(14)16/h12-13H,2-11,17H2,1H3. The van der Waals surface area contributed by atoms with Gasteiger partial charge in [-0.2, -0.15) is 0 Å². The van der Waals surface area contributed by atoms with Gasteiger partial charge in [0.1, 0.15) is 11.6 Å². The van der Waals surface area contributed by atoms with Crippen molar-refractivity contribution in [3.63, 3.8) is 0 Å². The molecular formula is C16H27N5O. The number of likely N-dealkylation sites (tertiary alicyclic amines) is 1. The van der Waals surface area contributed by atoms with E-state index in [1.807, 2.05) is 11.8 Å². The number of carbonyl (C=O) groups excluding carboxylic acids is 1. The summed E-state index contributed by atoms with van der Waals surface area (Å²) in [6.45, 7) is 4.53. The summed E-state index contributed by atoms with van der Waals surface area (Å²) in [4.78, 5) is 14.2. The van der Waals surface area contributed by atoms with E-state index in [2.05, 4.69) is 14.8 Å². The number of hydrogen-bond acceptors (Lipinski definition) is 4. The number of nitrogens with two attached hydrogens (primary N) is 1. The second kappa shape index (κ2) is 6.77. The van der Waals surface area contributed by atoms with Crippen LogP contribution in [-0.2, 0) is 17.8 Å². The van der Waals surface area contributed by atoms with E-state index in [1.54, 1.807) is 0 Å². The first kappa shape index (κ1) is 15.5. The summed E-state index contributed by atoms with van der Waals surface area (Å²) in [5.41, 5.74) is 5.76. The molecule has 0 radical (unpaired) electrons. The van der Waals surface area contributed by atoms with Gasteiger partial charge in [-0.1, -0.05) is 6.42 Å². The van der Waals surface area contributed by atoms with E-state index in [9.17, 15) is 4.79 Å². The average Bonchev–Trinajstić information content (AvgIpc) is 2.75. The maximum atomic E-state index is 12.3. The first-order valence-corrected chi connectivity index (χ1v) is 8.60. The molecule has 0 aliphatic carbocycles. The lowest BCUT2D eigenvalue weighted by atomic mass is 9.96. The molecule has 1 amide bonds. The first-order chi connectivity index (χ1) is 10.6. The Hall–Kier alpha value is -1.43. The molecule has 6 nitrogen and oxygen atoms in total. The molecule has 122 valence electrons. The lowest BCUT2D eigenvalue weighted by Gasteiger charge is -2.33. The van der Waals surface area contributed by atoms with E-state index < -0.39 is 0 Å². The van der Waals surface area contributed by atoms with E-state index in [0.717, 1.165) is 50.5 Å². The number of piperidine rings is 1. The smallest absolute Gasteiger partial charge is 0.224 e. The van der Waals surface area contributed by atoms with Gasteiger partial charge in [-0.3, -0.25) is 4.79 Å². The summed E-state index contributed by atoms with van der Waals surface area (Å²) in [6.07, 6.45) is 7.29. The fourth-order valence-corrected chi connectivity index (χ4v) is 3.63. The van der Waals surface area contributed by atoms with Crippen LogP contribution in [-0.4, -0.2) is 44.7 Å². The third kappa shape index (κ3) is 3.32. The molecule has 2 atom stereocenters. The number of fused-ring (bicyclic) bond motifs is 1. The van der Waals surface area contributed by atoms with E-state index in [-0.39, 0.29) is 11.9 Å². The van der Waals surface area contributed by atoms with Crippen molar-refractivity contribution in [2.75, 3.05) is 13.1 Å². The summed E-state index contributed by atoms with van der Waals surface area (Å²) in [7, 11) is 0. The van der Waals surface area contributed by atoms with Gasteiger partial charge in [0.25, 0.3) is 0 Å². The molecule has 1 aromatic rings. The minimum absolute atomic E-state index is 0.0720. The molecule has 0 saturated carbocycles. The van der Waals surface area contributed by atoms with Crippen LogP contribution in [0, 0.1) is 0 Å². The summed E-state index contributed by atoms with van der Waals surface area (Å²) in [6, 6.07) is -0.0720. The Morgan fingerprint density at radius 3 is 2.95 bits per heavy atom. The van der Waals surface area contributed by atoms with Crippen molar-refractivity contribution in [2.45, 2.75) is 70.4 Å². The van der Waals surface area contributed by atoms with Crippen LogP contribution < -0.4 is 5.73 Å². The van der Waals surface area contributed by atoms with Gasteiger partial charge < -0.3 is 15.2 Å². The number of aryl methyl sites for hydroxylation is 1. The van der Waals surface area contributed by atoms with Gasteiger partial charge in [-0.25, -0.2) is 0 Å². The van der Waals surface area contributed by atoms with Gasteiger partial charge in [0.2, 0.25) is 5.91 Å². The number of aromatic nitrogens is 3. The number of amides is 1.